The summed E-state index contributed by atoms with van der Waals surface area (Å²) in [6, 6.07) is 11.0. The summed E-state index contributed by atoms with van der Waals surface area (Å²) in [5.41, 5.74) is 0.914. The standard InChI is InChI=1S/C19H20ClNO4/c1-12-9-16(12)19(23)24-11-18(22)21(2)10-15-7-8-17(25-15)13-3-5-14(20)6-4-13/h3-8,12,16H,9-11H2,1-2H3/t12-,16-/m1/s1. The molecule has 1 aromatic heterocycles. The lowest BCUT2D eigenvalue weighted by Crippen LogP contribution is -2.31. The van der Waals surface area contributed by atoms with E-state index in [2.05, 4.69) is 0 Å². The molecule has 0 spiro atoms. The van der Waals surface area contributed by atoms with Crippen LogP contribution < -0.4 is 0 Å². The highest BCUT2D eigenvalue weighted by Gasteiger charge is 2.40. The number of nitrogens with zero attached hydrogens (tertiary/aromatic N) is 1. The molecule has 1 amide bonds. The number of halogens is 1. The Bertz CT molecular complexity index is 768. The van der Waals surface area contributed by atoms with Gasteiger partial charge in [-0.05, 0) is 48.7 Å². The summed E-state index contributed by atoms with van der Waals surface area (Å²) >= 11 is 5.88. The van der Waals surface area contributed by atoms with Gasteiger partial charge in [-0.2, -0.15) is 0 Å². The van der Waals surface area contributed by atoms with Gasteiger partial charge in [0.05, 0.1) is 12.5 Å². The first-order valence-electron chi connectivity index (χ1n) is 8.19. The van der Waals surface area contributed by atoms with E-state index in [1.165, 1.54) is 4.90 Å². The number of carbonyl (C=O) groups excluding carboxylic acids is 2. The fourth-order valence-corrected chi connectivity index (χ4v) is 2.68. The largest absolute Gasteiger partial charge is 0.459 e. The fraction of sp³-hybridized carbons (Fsp3) is 0.368. The third-order valence-electron chi connectivity index (χ3n) is 4.36. The lowest BCUT2D eigenvalue weighted by atomic mass is 10.2. The van der Waals surface area contributed by atoms with E-state index in [1.54, 1.807) is 19.2 Å². The number of benzene rings is 1. The minimum atomic E-state index is -0.280. The third kappa shape index (κ3) is 4.42. The van der Waals surface area contributed by atoms with Crippen LogP contribution >= 0.6 is 11.6 Å². The average molecular weight is 362 g/mol. The van der Waals surface area contributed by atoms with Crippen molar-refractivity contribution < 1.29 is 18.7 Å². The summed E-state index contributed by atoms with van der Waals surface area (Å²) in [5, 5.41) is 0.663. The quantitative estimate of drug-likeness (QED) is 0.735. The van der Waals surface area contributed by atoms with Crippen molar-refractivity contribution in [2.75, 3.05) is 13.7 Å². The zero-order valence-corrected chi connectivity index (χ0v) is 15.0. The molecule has 0 bridgehead atoms. The molecule has 1 aliphatic rings. The predicted octanol–water partition coefficient (Wildman–Crippen LogP) is 3.76. The van der Waals surface area contributed by atoms with Crippen LogP contribution in [0, 0.1) is 11.8 Å². The summed E-state index contributed by atoms with van der Waals surface area (Å²) in [6.07, 6.45) is 0.850. The van der Waals surface area contributed by atoms with E-state index in [0.717, 1.165) is 12.0 Å². The number of ether oxygens (including phenoxy) is 1. The van der Waals surface area contributed by atoms with Crippen LogP contribution in [0.25, 0.3) is 11.3 Å². The molecule has 2 atom stereocenters. The first-order chi connectivity index (χ1) is 11.9. The van der Waals surface area contributed by atoms with Crippen molar-refractivity contribution in [2.45, 2.75) is 19.9 Å². The van der Waals surface area contributed by atoms with Gasteiger partial charge in [-0.3, -0.25) is 9.59 Å². The molecule has 0 radical (unpaired) electrons. The van der Waals surface area contributed by atoms with Crippen molar-refractivity contribution >= 4 is 23.5 Å². The van der Waals surface area contributed by atoms with E-state index in [-0.39, 0.29) is 24.4 Å². The minimum absolute atomic E-state index is 0.0369. The van der Waals surface area contributed by atoms with Crippen LogP contribution in [0.4, 0.5) is 0 Å². The summed E-state index contributed by atoms with van der Waals surface area (Å²) < 4.78 is 10.8. The molecule has 1 aliphatic carbocycles. The van der Waals surface area contributed by atoms with Crippen LogP contribution in [0.15, 0.2) is 40.8 Å². The number of hydrogen-bond acceptors (Lipinski definition) is 4. The summed E-state index contributed by atoms with van der Waals surface area (Å²) in [5.74, 6) is 1.16. The molecule has 0 saturated heterocycles. The SMILES string of the molecule is C[C@@H]1C[C@H]1C(=O)OCC(=O)N(C)Cc1ccc(-c2ccc(Cl)cc2)o1. The highest BCUT2D eigenvalue weighted by Crippen LogP contribution is 2.38. The second kappa shape index (κ2) is 7.31. The third-order valence-corrected chi connectivity index (χ3v) is 4.61. The van der Waals surface area contributed by atoms with Gasteiger partial charge in [0.1, 0.15) is 11.5 Å². The van der Waals surface area contributed by atoms with E-state index in [4.69, 9.17) is 20.8 Å². The van der Waals surface area contributed by atoms with E-state index in [0.29, 0.717) is 29.0 Å². The first-order valence-corrected chi connectivity index (χ1v) is 8.57. The van der Waals surface area contributed by atoms with E-state index in [1.807, 2.05) is 31.2 Å². The Morgan fingerprint density at radius 1 is 1.24 bits per heavy atom. The lowest BCUT2D eigenvalue weighted by Gasteiger charge is -2.15. The molecule has 2 aromatic rings. The number of furan rings is 1. The van der Waals surface area contributed by atoms with Crippen LogP contribution in [0.3, 0.4) is 0 Å². The zero-order chi connectivity index (χ0) is 18.0. The Kier molecular flexibility index (Phi) is 5.13. The second-order valence-corrected chi connectivity index (χ2v) is 6.89. The van der Waals surface area contributed by atoms with Crippen molar-refractivity contribution in [1.29, 1.82) is 0 Å². The van der Waals surface area contributed by atoms with Crippen molar-refractivity contribution in [3.05, 3.63) is 47.2 Å². The predicted molar refractivity (Wildman–Crippen MR) is 93.9 cm³/mol. The average Bonchev–Trinajstić information content (AvgIpc) is 3.15. The molecule has 1 aromatic carbocycles. The molecular weight excluding hydrogens is 342 g/mol. The van der Waals surface area contributed by atoms with Gasteiger partial charge in [-0.1, -0.05) is 18.5 Å². The number of amides is 1. The van der Waals surface area contributed by atoms with Gasteiger partial charge in [-0.15, -0.1) is 0 Å². The number of rotatable bonds is 6. The van der Waals surface area contributed by atoms with Crippen molar-refractivity contribution in [3.63, 3.8) is 0 Å². The zero-order valence-electron chi connectivity index (χ0n) is 14.2. The van der Waals surface area contributed by atoms with Gasteiger partial charge in [-0.25, -0.2) is 0 Å². The topological polar surface area (TPSA) is 59.8 Å². The maximum atomic E-state index is 12.1. The van der Waals surface area contributed by atoms with Gasteiger partial charge in [0.2, 0.25) is 0 Å². The van der Waals surface area contributed by atoms with Gasteiger partial charge in [0.15, 0.2) is 6.61 Å². The molecule has 0 unspecified atom stereocenters. The van der Waals surface area contributed by atoms with Crippen LogP contribution in [-0.2, 0) is 20.9 Å². The van der Waals surface area contributed by atoms with Crippen molar-refractivity contribution in [2.24, 2.45) is 11.8 Å². The molecule has 132 valence electrons. The van der Waals surface area contributed by atoms with Gasteiger partial charge >= 0.3 is 5.97 Å². The first kappa shape index (κ1) is 17.5. The normalized spacial score (nSPS) is 18.7. The lowest BCUT2D eigenvalue weighted by molar-refractivity contribution is -0.153. The molecular formula is C19H20ClNO4. The number of likely N-dealkylation sites (N-methyl/N-ethyl adjacent to an activating group) is 1. The van der Waals surface area contributed by atoms with E-state index < -0.39 is 0 Å². The number of esters is 1. The van der Waals surface area contributed by atoms with Crippen molar-refractivity contribution in [3.8, 4) is 11.3 Å². The fourth-order valence-electron chi connectivity index (χ4n) is 2.55. The van der Waals surface area contributed by atoms with Crippen LogP contribution in [0.5, 0.6) is 0 Å². The summed E-state index contributed by atoms with van der Waals surface area (Å²) in [4.78, 5) is 25.2. The Morgan fingerprint density at radius 3 is 2.56 bits per heavy atom. The van der Waals surface area contributed by atoms with Crippen LogP contribution in [0.1, 0.15) is 19.1 Å². The monoisotopic (exact) mass is 361 g/mol. The van der Waals surface area contributed by atoms with Gasteiger partial charge < -0.3 is 14.1 Å². The van der Waals surface area contributed by atoms with E-state index >= 15 is 0 Å². The highest BCUT2D eigenvalue weighted by atomic mass is 35.5. The van der Waals surface area contributed by atoms with Crippen LogP contribution in [-0.4, -0.2) is 30.4 Å². The second-order valence-electron chi connectivity index (χ2n) is 6.45. The number of hydrogen-bond donors (Lipinski definition) is 0. The van der Waals surface area contributed by atoms with Crippen LogP contribution in [0.2, 0.25) is 5.02 Å². The van der Waals surface area contributed by atoms with E-state index in [9.17, 15) is 9.59 Å². The molecule has 25 heavy (non-hydrogen) atoms. The summed E-state index contributed by atoms with van der Waals surface area (Å²) in [6.45, 7) is 2.07. The number of carbonyl (C=O) groups is 2. The molecule has 5 nitrogen and oxygen atoms in total. The minimum Gasteiger partial charge on any atom is -0.459 e. The Morgan fingerprint density at radius 2 is 1.92 bits per heavy atom. The van der Waals surface area contributed by atoms with Crippen molar-refractivity contribution in [1.82, 2.24) is 4.90 Å². The smallest absolute Gasteiger partial charge is 0.309 e. The molecule has 1 heterocycles. The van der Waals surface area contributed by atoms with Gasteiger partial charge in [0.25, 0.3) is 5.91 Å². The molecule has 1 fully saturated rings. The molecule has 1 saturated carbocycles. The Hall–Kier alpha value is -2.27. The van der Waals surface area contributed by atoms with Gasteiger partial charge in [0, 0.05) is 17.6 Å². The molecule has 0 aliphatic heterocycles. The molecule has 3 rings (SSSR count). The molecule has 0 N–H and O–H groups in total. The Labute approximate surface area is 151 Å². The molecule has 6 heteroatoms. The highest BCUT2D eigenvalue weighted by molar-refractivity contribution is 6.30. The maximum Gasteiger partial charge on any atom is 0.309 e. The summed E-state index contributed by atoms with van der Waals surface area (Å²) in [7, 11) is 1.65. The maximum absolute atomic E-state index is 12.1. The Balaban J connectivity index is 1.52.